The van der Waals surface area contributed by atoms with Crippen LogP contribution in [0.3, 0.4) is 0 Å². The molecule has 0 amide bonds. The molecule has 1 heterocycles. The Morgan fingerprint density at radius 1 is 1.19 bits per heavy atom. The van der Waals surface area contributed by atoms with E-state index < -0.39 is 11.8 Å². The standard InChI is InChI=1S/C23H26FN3O4/c1-15(2)11-22-20(14-31-18-6-4-5-16(12-18)7-10-23(28)29)25-26-27(22)21-13-17(30-3)8-9-19(21)24/h4-6,8-9,12-13,15H,7,10-11,14H2,1-3H3,(H,28,29). The van der Waals surface area contributed by atoms with Crippen molar-refractivity contribution in [1.82, 2.24) is 15.0 Å². The first-order chi connectivity index (χ1) is 14.9. The van der Waals surface area contributed by atoms with Gasteiger partial charge in [-0.2, -0.15) is 0 Å². The topological polar surface area (TPSA) is 86.5 Å². The van der Waals surface area contributed by atoms with Crippen LogP contribution in [0.25, 0.3) is 5.69 Å². The lowest BCUT2D eigenvalue weighted by atomic mass is 10.1. The fourth-order valence-corrected chi connectivity index (χ4v) is 3.20. The number of halogens is 1. The quantitative estimate of drug-likeness (QED) is 0.522. The second-order valence-corrected chi connectivity index (χ2v) is 7.64. The molecule has 3 aromatic rings. The smallest absolute Gasteiger partial charge is 0.303 e. The number of aliphatic carboxylic acids is 1. The van der Waals surface area contributed by atoms with E-state index in [0.29, 0.717) is 36.0 Å². The molecule has 1 aromatic heterocycles. The van der Waals surface area contributed by atoms with Crippen LogP contribution >= 0.6 is 0 Å². The number of rotatable bonds is 10. The maximum absolute atomic E-state index is 14.5. The van der Waals surface area contributed by atoms with Crippen LogP contribution in [0.1, 0.15) is 37.2 Å². The molecule has 164 valence electrons. The number of carbonyl (C=O) groups is 1. The fraction of sp³-hybridized carbons (Fsp3) is 0.348. The highest BCUT2D eigenvalue weighted by Gasteiger charge is 2.19. The summed E-state index contributed by atoms with van der Waals surface area (Å²) in [5.41, 5.74) is 2.53. The van der Waals surface area contributed by atoms with E-state index in [0.717, 1.165) is 11.3 Å². The molecule has 1 N–H and O–H groups in total. The molecule has 0 aliphatic rings. The summed E-state index contributed by atoms with van der Waals surface area (Å²) in [5.74, 6) is 0.170. The minimum absolute atomic E-state index is 0.0580. The SMILES string of the molecule is COc1ccc(F)c(-n2nnc(COc3cccc(CCC(=O)O)c3)c2CC(C)C)c1. The summed E-state index contributed by atoms with van der Waals surface area (Å²) < 4.78 is 27.2. The van der Waals surface area contributed by atoms with Gasteiger partial charge in [-0.25, -0.2) is 9.07 Å². The third-order valence-corrected chi connectivity index (χ3v) is 4.73. The van der Waals surface area contributed by atoms with Crippen molar-refractivity contribution >= 4 is 5.97 Å². The summed E-state index contributed by atoms with van der Waals surface area (Å²) in [5, 5.41) is 17.3. The van der Waals surface area contributed by atoms with Crippen LogP contribution < -0.4 is 9.47 Å². The van der Waals surface area contributed by atoms with Gasteiger partial charge in [-0.3, -0.25) is 4.79 Å². The molecular weight excluding hydrogens is 401 g/mol. The largest absolute Gasteiger partial charge is 0.497 e. The van der Waals surface area contributed by atoms with E-state index in [-0.39, 0.29) is 18.7 Å². The van der Waals surface area contributed by atoms with E-state index in [9.17, 15) is 9.18 Å². The fourth-order valence-electron chi connectivity index (χ4n) is 3.20. The second kappa shape index (κ2) is 10.1. The van der Waals surface area contributed by atoms with Crippen LogP contribution in [0.2, 0.25) is 0 Å². The average Bonchev–Trinajstić information content (AvgIpc) is 3.13. The minimum atomic E-state index is -0.842. The van der Waals surface area contributed by atoms with E-state index in [1.165, 1.54) is 17.9 Å². The number of ether oxygens (including phenoxy) is 2. The zero-order chi connectivity index (χ0) is 22.4. The van der Waals surface area contributed by atoms with Crippen LogP contribution in [-0.4, -0.2) is 33.2 Å². The average molecular weight is 427 g/mol. The van der Waals surface area contributed by atoms with E-state index in [1.807, 2.05) is 18.2 Å². The number of hydrogen-bond donors (Lipinski definition) is 1. The lowest BCUT2D eigenvalue weighted by molar-refractivity contribution is -0.136. The molecule has 0 spiro atoms. The van der Waals surface area contributed by atoms with Gasteiger partial charge < -0.3 is 14.6 Å². The van der Waals surface area contributed by atoms with Crippen LogP contribution in [0.5, 0.6) is 11.5 Å². The Hall–Kier alpha value is -3.42. The van der Waals surface area contributed by atoms with Gasteiger partial charge in [0, 0.05) is 12.5 Å². The van der Waals surface area contributed by atoms with Crippen LogP contribution in [0.4, 0.5) is 4.39 Å². The molecule has 0 saturated heterocycles. The molecule has 0 unspecified atom stereocenters. The van der Waals surface area contributed by atoms with Gasteiger partial charge in [0.15, 0.2) is 0 Å². The van der Waals surface area contributed by atoms with Crippen molar-refractivity contribution in [3.05, 3.63) is 65.2 Å². The number of carboxylic acids is 1. The molecule has 0 aliphatic carbocycles. The Labute approximate surface area is 180 Å². The van der Waals surface area contributed by atoms with Crippen molar-refractivity contribution in [2.75, 3.05) is 7.11 Å². The van der Waals surface area contributed by atoms with E-state index >= 15 is 0 Å². The molecule has 0 saturated carbocycles. The Morgan fingerprint density at radius 3 is 2.71 bits per heavy atom. The van der Waals surface area contributed by atoms with Gasteiger partial charge in [-0.15, -0.1) is 5.10 Å². The van der Waals surface area contributed by atoms with E-state index in [1.54, 1.807) is 18.2 Å². The predicted molar refractivity (Wildman–Crippen MR) is 113 cm³/mol. The number of nitrogens with zero attached hydrogens (tertiary/aromatic N) is 3. The van der Waals surface area contributed by atoms with Crippen molar-refractivity contribution in [2.45, 2.75) is 39.7 Å². The number of carboxylic acid groups (broad SMARTS) is 1. The highest BCUT2D eigenvalue weighted by atomic mass is 19.1. The normalized spacial score (nSPS) is 11.0. The summed E-state index contributed by atoms with van der Waals surface area (Å²) >= 11 is 0. The van der Waals surface area contributed by atoms with E-state index in [4.69, 9.17) is 14.6 Å². The first kappa shape index (κ1) is 22.3. The molecule has 0 aliphatic heterocycles. The van der Waals surface area contributed by atoms with Gasteiger partial charge in [0.25, 0.3) is 0 Å². The van der Waals surface area contributed by atoms with Crippen molar-refractivity contribution in [1.29, 1.82) is 0 Å². The van der Waals surface area contributed by atoms with Crippen LogP contribution in [0, 0.1) is 11.7 Å². The van der Waals surface area contributed by atoms with Gasteiger partial charge >= 0.3 is 5.97 Å². The molecule has 31 heavy (non-hydrogen) atoms. The lowest BCUT2D eigenvalue weighted by Gasteiger charge is -2.12. The molecule has 0 bridgehead atoms. The van der Waals surface area contributed by atoms with Crippen molar-refractivity contribution in [2.24, 2.45) is 5.92 Å². The van der Waals surface area contributed by atoms with Crippen LogP contribution in [0.15, 0.2) is 42.5 Å². The second-order valence-electron chi connectivity index (χ2n) is 7.64. The van der Waals surface area contributed by atoms with Gasteiger partial charge in [0.05, 0.1) is 12.8 Å². The monoisotopic (exact) mass is 427 g/mol. The molecule has 0 atom stereocenters. The molecule has 7 nitrogen and oxygen atoms in total. The van der Waals surface area contributed by atoms with Gasteiger partial charge in [0.1, 0.15) is 35.3 Å². The highest BCUT2D eigenvalue weighted by molar-refractivity contribution is 5.67. The molecule has 0 radical (unpaired) electrons. The summed E-state index contributed by atoms with van der Waals surface area (Å²) in [6, 6.07) is 11.8. The van der Waals surface area contributed by atoms with Gasteiger partial charge in [0.2, 0.25) is 0 Å². The molecular formula is C23H26FN3O4. The summed E-state index contributed by atoms with van der Waals surface area (Å²) in [4.78, 5) is 10.8. The molecule has 2 aromatic carbocycles. The number of hydrogen-bond acceptors (Lipinski definition) is 5. The summed E-state index contributed by atoms with van der Waals surface area (Å²) in [6.45, 7) is 4.29. The maximum Gasteiger partial charge on any atom is 0.303 e. The first-order valence-corrected chi connectivity index (χ1v) is 10.1. The first-order valence-electron chi connectivity index (χ1n) is 10.1. The maximum atomic E-state index is 14.5. The van der Waals surface area contributed by atoms with Gasteiger partial charge in [-0.1, -0.05) is 31.2 Å². The third kappa shape index (κ3) is 5.81. The molecule has 0 fully saturated rings. The Bertz CT molecular complexity index is 1050. The van der Waals surface area contributed by atoms with Crippen molar-refractivity contribution < 1.29 is 23.8 Å². The Balaban J connectivity index is 1.84. The predicted octanol–water partition coefficient (Wildman–Crippen LogP) is 4.21. The number of aromatic nitrogens is 3. The van der Waals surface area contributed by atoms with Crippen molar-refractivity contribution in [3.63, 3.8) is 0 Å². The Morgan fingerprint density at radius 2 is 2.00 bits per heavy atom. The summed E-state index contributed by atoms with van der Waals surface area (Å²) in [6.07, 6.45) is 1.12. The summed E-state index contributed by atoms with van der Waals surface area (Å²) in [7, 11) is 1.53. The number of benzene rings is 2. The molecule has 3 rings (SSSR count). The number of aryl methyl sites for hydroxylation is 1. The minimum Gasteiger partial charge on any atom is -0.497 e. The van der Waals surface area contributed by atoms with Gasteiger partial charge in [-0.05, 0) is 48.6 Å². The zero-order valence-electron chi connectivity index (χ0n) is 17.8. The molecule has 8 heteroatoms. The third-order valence-electron chi connectivity index (χ3n) is 4.73. The van der Waals surface area contributed by atoms with Crippen molar-refractivity contribution in [3.8, 4) is 17.2 Å². The highest BCUT2D eigenvalue weighted by Crippen LogP contribution is 2.24. The Kier molecular flexibility index (Phi) is 7.23. The van der Waals surface area contributed by atoms with E-state index in [2.05, 4.69) is 24.2 Å². The number of methoxy groups -OCH3 is 1. The zero-order valence-corrected chi connectivity index (χ0v) is 17.8. The lowest BCUT2D eigenvalue weighted by Crippen LogP contribution is -2.10. The van der Waals surface area contributed by atoms with Crippen LogP contribution in [-0.2, 0) is 24.2 Å².